The Morgan fingerprint density at radius 1 is 0.800 bits per heavy atom. The fraction of sp³-hybridized carbons (Fsp3) is 0.333. The fourth-order valence-electron chi connectivity index (χ4n) is 2.98. The zero-order valence-corrected chi connectivity index (χ0v) is 17.2. The van der Waals surface area contributed by atoms with Crippen molar-refractivity contribution in [1.82, 2.24) is 4.31 Å². The first-order valence-corrected chi connectivity index (χ1v) is 11.9. The summed E-state index contributed by atoms with van der Waals surface area (Å²) < 4.78 is 94.2. The maximum atomic E-state index is 12.6. The lowest BCUT2D eigenvalue weighted by Crippen LogP contribution is -2.35. The molecule has 0 unspecified atom stereocenters. The molecule has 12 heteroatoms. The summed E-state index contributed by atoms with van der Waals surface area (Å²) >= 11 is 0. The molecule has 0 aromatic heterocycles. The summed E-state index contributed by atoms with van der Waals surface area (Å²) in [6, 6.07) is 8.96. The number of piperidine rings is 1. The zero-order valence-electron chi connectivity index (χ0n) is 15.6. The molecule has 164 valence electrons. The predicted molar refractivity (Wildman–Crippen MR) is 103 cm³/mol. The van der Waals surface area contributed by atoms with Crippen molar-refractivity contribution in [2.45, 2.75) is 35.4 Å². The summed E-state index contributed by atoms with van der Waals surface area (Å²) in [6.07, 6.45) is -2.32. The molecule has 0 spiro atoms. The van der Waals surface area contributed by atoms with E-state index >= 15 is 0 Å². The minimum absolute atomic E-state index is 0.00278. The van der Waals surface area contributed by atoms with E-state index in [2.05, 4.69) is 9.46 Å². The van der Waals surface area contributed by atoms with Crippen LogP contribution in [-0.2, 0) is 20.0 Å². The van der Waals surface area contributed by atoms with Crippen molar-refractivity contribution in [2.24, 2.45) is 0 Å². The summed E-state index contributed by atoms with van der Waals surface area (Å²) in [5.41, 5.74) is 0.0227. The van der Waals surface area contributed by atoms with Crippen LogP contribution in [0.25, 0.3) is 0 Å². The number of alkyl halides is 3. The van der Waals surface area contributed by atoms with E-state index in [9.17, 15) is 30.0 Å². The van der Waals surface area contributed by atoms with E-state index in [0.29, 0.717) is 13.1 Å². The highest BCUT2D eigenvalue weighted by Gasteiger charge is 2.31. The molecule has 7 nitrogen and oxygen atoms in total. The number of ether oxygens (including phenoxy) is 1. The van der Waals surface area contributed by atoms with Gasteiger partial charge in [0.2, 0.25) is 10.0 Å². The summed E-state index contributed by atoms with van der Waals surface area (Å²) in [5.74, 6) is -0.488. The van der Waals surface area contributed by atoms with E-state index in [1.807, 2.05) is 0 Å². The Hall–Kier alpha value is -2.31. The molecule has 0 aliphatic carbocycles. The minimum atomic E-state index is -4.85. The molecule has 0 bridgehead atoms. The largest absolute Gasteiger partial charge is 0.573 e. The summed E-state index contributed by atoms with van der Waals surface area (Å²) in [6.45, 7) is 0.857. The van der Waals surface area contributed by atoms with Gasteiger partial charge in [-0.15, -0.1) is 13.2 Å². The Labute approximate surface area is 172 Å². The molecule has 1 aliphatic heterocycles. The smallest absolute Gasteiger partial charge is 0.406 e. The number of anilines is 1. The van der Waals surface area contributed by atoms with Crippen LogP contribution in [0.4, 0.5) is 18.9 Å². The topological polar surface area (TPSA) is 92.8 Å². The molecule has 0 amide bonds. The summed E-state index contributed by atoms with van der Waals surface area (Å²) in [7, 11) is -7.76. The average molecular weight is 464 g/mol. The molecular weight excluding hydrogens is 445 g/mol. The highest BCUT2D eigenvalue weighted by atomic mass is 32.2. The van der Waals surface area contributed by atoms with Gasteiger partial charge in [-0.25, -0.2) is 16.8 Å². The Bertz CT molecular complexity index is 1080. The first-order chi connectivity index (χ1) is 14.0. The number of halogens is 3. The van der Waals surface area contributed by atoms with Crippen molar-refractivity contribution in [3.05, 3.63) is 48.5 Å². The van der Waals surface area contributed by atoms with Gasteiger partial charge in [-0.1, -0.05) is 6.42 Å². The van der Waals surface area contributed by atoms with Gasteiger partial charge in [-0.2, -0.15) is 4.31 Å². The lowest BCUT2D eigenvalue weighted by molar-refractivity contribution is -0.274. The Morgan fingerprint density at radius 3 is 1.87 bits per heavy atom. The Kier molecular flexibility index (Phi) is 6.29. The quantitative estimate of drug-likeness (QED) is 0.706. The highest BCUT2D eigenvalue weighted by Crippen LogP contribution is 2.26. The van der Waals surface area contributed by atoms with E-state index in [-0.39, 0.29) is 15.5 Å². The van der Waals surface area contributed by atoms with Crippen LogP contribution in [0.3, 0.4) is 0 Å². The number of sulfonamides is 2. The van der Waals surface area contributed by atoms with E-state index in [1.165, 1.54) is 28.6 Å². The minimum Gasteiger partial charge on any atom is -0.406 e. The lowest BCUT2D eigenvalue weighted by Gasteiger charge is -2.25. The van der Waals surface area contributed by atoms with E-state index < -0.39 is 32.2 Å². The van der Waals surface area contributed by atoms with Crippen LogP contribution < -0.4 is 9.46 Å². The van der Waals surface area contributed by atoms with Crippen LogP contribution in [0.5, 0.6) is 5.75 Å². The molecule has 0 atom stereocenters. The number of hydrogen-bond acceptors (Lipinski definition) is 5. The zero-order chi connectivity index (χ0) is 22.0. The van der Waals surface area contributed by atoms with E-state index in [0.717, 1.165) is 43.5 Å². The molecule has 1 N–H and O–H groups in total. The molecule has 30 heavy (non-hydrogen) atoms. The summed E-state index contributed by atoms with van der Waals surface area (Å²) in [4.78, 5) is -0.187. The molecule has 1 saturated heterocycles. The number of nitrogens with one attached hydrogen (secondary N) is 1. The van der Waals surface area contributed by atoms with Gasteiger partial charge in [0.15, 0.2) is 0 Å². The number of rotatable bonds is 6. The van der Waals surface area contributed by atoms with Gasteiger partial charge in [0, 0.05) is 18.8 Å². The van der Waals surface area contributed by atoms with Crippen LogP contribution in [0.15, 0.2) is 58.3 Å². The molecule has 2 aromatic rings. The molecule has 0 radical (unpaired) electrons. The third-order valence-electron chi connectivity index (χ3n) is 4.43. The standard InChI is InChI=1S/C18H19F3N2O5S2/c19-18(20,21)28-15-6-4-14(5-7-15)22-29(24,25)16-8-10-17(11-9-16)30(26,27)23-12-2-1-3-13-23/h4-11,22H,1-3,12-13H2. The second-order valence-electron chi connectivity index (χ2n) is 6.61. The third kappa shape index (κ3) is 5.43. The fourth-order valence-corrected chi connectivity index (χ4v) is 5.56. The molecule has 0 saturated carbocycles. The highest BCUT2D eigenvalue weighted by molar-refractivity contribution is 7.92. The van der Waals surface area contributed by atoms with Gasteiger partial charge >= 0.3 is 6.36 Å². The van der Waals surface area contributed by atoms with Crippen molar-refractivity contribution in [3.8, 4) is 5.75 Å². The van der Waals surface area contributed by atoms with Gasteiger partial charge < -0.3 is 4.74 Å². The van der Waals surface area contributed by atoms with Crippen LogP contribution in [0, 0.1) is 0 Å². The maximum absolute atomic E-state index is 12.6. The maximum Gasteiger partial charge on any atom is 0.573 e. The third-order valence-corrected chi connectivity index (χ3v) is 7.74. The van der Waals surface area contributed by atoms with Crippen LogP contribution >= 0.6 is 0 Å². The number of nitrogens with zero attached hydrogens (tertiary/aromatic N) is 1. The van der Waals surface area contributed by atoms with Crippen molar-refractivity contribution in [3.63, 3.8) is 0 Å². The van der Waals surface area contributed by atoms with Gasteiger partial charge in [-0.3, -0.25) is 4.72 Å². The molecule has 1 fully saturated rings. The summed E-state index contributed by atoms with van der Waals surface area (Å²) in [5, 5.41) is 0. The lowest BCUT2D eigenvalue weighted by atomic mass is 10.2. The van der Waals surface area contributed by atoms with Gasteiger partial charge in [0.1, 0.15) is 5.75 Å². The van der Waals surface area contributed by atoms with Gasteiger partial charge in [-0.05, 0) is 61.4 Å². The SMILES string of the molecule is O=S(=O)(Nc1ccc(OC(F)(F)F)cc1)c1ccc(S(=O)(=O)N2CCCCC2)cc1. The van der Waals surface area contributed by atoms with Crippen LogP contribution in [-0.4, -0.2) is 40.6 Å². The molecule has 1 heterocycles. The number of benzene rings is 2. The van der Waals surface area contributed by atoms with Gasteiger partial charge in [0.25, 0.3) is 10.0 Å². The molecule has 1 aliphatic rings. The normalized spacial score (nSPS) is 16.2. The van der Waals surface area contributed by atoms with Crippen LogP contribution in [0.1, 0.15) is 19.3 Å². The number of hydrogen-bond donors (Lipinski definition) is 1. The monoisotopic (exact) mass is 464 g/mol. The Morgan fingerprint density at radius 2 is 1.33 bits per heavy atom. The molecule has 3 rings (SSSR count). The Balaban J connectivity index is 1.73. The first-order valence-electron chi connectivity index (χ1n) is 8.96. The second-order valence-corrected chi connectivity index (χ2v) is 10.2. The van der Waals surface area contributed by atoms with Crippen molar-refractivity contribution >= 4 is 25.7 Å². The van der Waals surface area contributed by atoms with Gasteiger partial charge in [0.05, 0.1) is 9.79 Å². The molecular formula is C18H19F3N2O5S2. The first kappa shape index (κ1) is 22.4. The predicted octanol–water partition coefficient (Wildman–Crippen LogP) is 3.56. The van der Waals surface area contributed by atoms with Crippen molar-refractivity contribution < 1.29 is 34.7 Å². The van der Waals surface area contributed by atoms with Crippen LogP contribution in [0.2, 0.25) is 0 Å². The second kappa shape index (κ2) is 8.44. The van der Waals surface area contributed by atoms with Crippen molar-refractivity contribution in [1.29, 1.82) is 0 Å². The van der Waals surface area contributed by atoms with E-state index in [4.69, 9.17) is 0 Å². The van der Waals surface area contributed by atoms with Crippen molar-refractivity contribution in [2.75, 3.05) is 17.8 Å². The van der Waals surface area contributed by atoms with E-state index in [1.54, 1.807) is 0 Å². The molecule has 2 aromatic carbocycles. The average Bonchev–Trinajstić information content (AvgIpc) is 2.69.